The van der Waals surface area contributed by atoms with Gasteiger partial charge in [-0.1, -0.05) is 6.07 Å². The summed E-state index contributed by atoms with van der Waals surface area (Å²) in [5.74, 6) is -0.948. The third kappa shape index (κ3) is 3.37. The minimum Gasteiger partial charge on any atom is -0.481 e. The fourth-order valence-electron chi connectivity index (χ4n) is 2.11. The third-order valence-electron chi connectivity index (χ3n) is 3.25. The predicted molar refractivity (Wildman–Crippen MR) is 86.8 cm³/mol. The van der Waals surface area contributed by atoms with Crippen molar-refractivity contribution in [2.24, 2.45) is 0 Å². The van der Waals surface area contributed by atoms with Crippen LogP contribution in [-0.4, -0.2) is 31.5 Å². The summed E-state index contributed by atoms with van der Waals surface area (Å²) >= 11 is 1.31. The summed E-state index contributed by atoms with van der Waals surface area (Å²) in [6, 6.07) is 5.81. The molecule has 3 rings (SSSR count). The van der Waals surface area contributed by atoms with Gasteiger partial charge in [-0.3, -0.25) is 14.9 Å². The number of benzene rings is 1. The molecule has 3 aromatic rings. The van der Waals surface area contributed by atoms with Gasteiger partial charge in [-0.25, -0.2) is 9.97 Å². The number of aliphatic carboxylic acids is 1. The lowest BCUT2D eigenvalue weighted by Crippen LogP contribution is -2.16. The van der Waals surface area contributed by atoms with Crippen molar-refractivity contribution >= 4 is 39.4 Å². The first-order valence-electron chi connectivity index (χ1n) is 6.94. The molecule has 0 radical (unpaired) electrons. The molecule has 8 heteroatoms. The number of fused-ring (bicyclic) bond motifs is 1. The van der Waals surface area contributed by atoms with Gasteiger partial charge in [-0.05, 0) is 24.6 Å². The van der Waals surface area contributed by atoms with E-state index in [1.807, 2.05) is 25.1 Å². The topological polar surface area (TPSA) is 97.1 Å². The highest BCUT2D eigenvalue weighted by molar-refractivity contribution is 7.20. The quantitative estimate of drug-likeness (QED) is 0.749. The molecular formula is C15H14N4O3S. The molecule has 0 fully saturated rings. The van der Waals surface area contributed by atoms with Gasteiger partial charge in [-0.2, -0.15) is 0 Å². The van der Waals surface area contributed by atoms with Crippen LogP contribution in [0.5, 0.6) is 0 Å². The molecule has 2 aromatic heterocycles. The number of hydrogen-bond acceptors (Lipinski definition) is 5. The van der Waals surface area contributed by atoms with Crippen LogP contribution in [0.3, 0.4) is 0 Å². The number of carbonyl (C=O) groups is 2. The van der Waals surface area contributed by atoms with Crippen molar-refractivity contribution in [2.75, 3.05) is 5.32 Å². The van der Waals surface area contributed by atoms with Crippen LogP contribution in [0.1, 0.15) is 21.8 Å². The molecule has 0 saturated heterocycles. The Morgan fingerprint density at radius 1 is 1.39 bits per heavy atom. The lowest BCUT2D eigenvalue weighted by molar-refractivity contribution is -0.137. The number of anilines is 1. The van der Waals surface area contributed by atoms with Crippen molar-refractivity contribution in [1.82, 2.24) is 14.5 Å². The van der Waals surface area contributed by atoms with Gasteiger partial charge in [0.15, 0.2) is 5.01 Å². The molecule has 2 heterocycles. The van der Waals surface area contributed by atoms with E-state index < -0.39 is 5.97 Å². The van der Waals surface area contributed by atoms with E-state index in [0.29, 0.717) is 11.0 Å². The Hall–Kier alpha value is -2.74. The van der Waals surface area contributed by atoms with Crippen LogP contribution in [-0.2, 0) is 11.3 Å². The summed E-state index contributed by atoms with van der Waals surface area (Å²) in [5.41, 5.74) is 1.89. The summed E-state index contributed by atoms with van der Waals surface area (Å²) in [7, 11) is 0. The lowest BCUT2D eigenvalue weighted by atomic mass is 10.2. The van der Waals surface area contributed by atoms with Gasteiger partial charge in [0.2, 0.25) is 5.95 Å². The average Bonchev–Trinajstić information content (AvgIpc) is 3.11. The SMILES string of the molecule is Cc1ccc2nc(C(=O)Nc3nccn3CCC(=O)O)sc2c1. The van der Waals surface area contributed by atoms with Gasteiger partial charge in [0.25, 0.3) is 5.91 Å². The molecule has 0 spiro atoms. The highest BCUT2D eigenvalue weighted by atomic mass is 32.1. The van der Waals surface area contributed by atoms with Gasteiger partial charge in [0.1, 0.15) is 0 Å². The largest absolute Gasteiger partial charge is 0.481 e. The molecule has 0 saturated carbocycles. The van der Waals surface area contributed by atoms with Crippen LogP contribution in [0, 0.1) is 6.92 Å². The number of amides is 1. The van der Waals surface area contributed by atoms with E-state index in [4.69, 9.17) is 5.11 Å². The van der Waals surface area contributed by atoms with Crippen LogP contribution in [0.25, 0.3) is 10.2 Å². The maximum Gasteiger partial charge on any atom is 0.305 e. The van der Waals surface area contributed by atoms with Crippen molar-refractivity contribution in [3.63, 3.8) is 0 Å². The minimum atomic E-state index is -0.905. The van der Waals surface area contributed by atoms with Crippen molar-refractivity contribution in [3.05, 3.63) is 41.2 Å². The van der Waals surface area contributed by atoms with Crippen LogP contribution in [0.2, 0.25) is 0 Å². The lowest BCUT2D eigenvalue weighted by Gasteiger charge is -2.06. The van der Waals surface area contributed by atoms with E-state index >= 15 is 0 Å². The molecule has 1 amide bonds. The smallest absolute Gasteiger partial charge is 0.305 e. The Morgan fingerprint density at radius 3 is 3.00 bits per heavy atom. The summed E-state index contributed by atoms with van der Waals surface area (Å²) in [6.45, 7) is 2.22. The van der Waals surface area contributed by atoms with E-state index in [-0.39, 0.29) is 18.9 Å². The van der Waals surface area contributed by atoms with E-state index in [2.05, 4.69) is 15.3 Å². The number of nitrogens with one attached hydrogen (secondary N) is 1. The first-order chi connectivity index (χ1) is 11.0. The van der Waals surface area contributed by atoms with Crippen molar-refractivity contribution < 1.29 is 14.7 Å². The molecule has 2 N–H and O–H groups in total. The Balaban J connectivity index is 1.78. The molecule has 23 heavy (non-hydrogen) atoms. The fraction of sp³-hybridized carbons (Fsp3) is 0.200. The van der Waals surface area contributed by atoms with Gasteiger partial charge >= 0.3 is 5.97 Å². The maximum atomic E-state index is 12.3. The molecule has 0 aliphatic heterocycles. The van der Waals surface area contributed by atoms with Crippen LogP contribution in [0.4, 0.5) is 5.95 Å². The van der Waals surface area contributed by atoms with Gasteiger partial charge in [0.05, 0.1) is 16.6 Å². The van der Waals surface area contributed by atoms with Crippen molar-refractivity contribution in [3.8, 4) is 0 Å². The third-order valence-corrected chi connectivity index (χ3v) is 4.26. The number of carbonyl (C=O) groups excluding carboxylic acids is 1. The first-order valence-corrected chi connectivity index (χ1v) is 7.76. The Bertz CT molecular complexity index is 884. The van der Waals surface area contributed by atoms with Gasteiger partial charge < -0.3 is 9.67 Å². The average molecular weight is 330 g/mol. The molecule has 0 aliphatic carbocycles. The van der Waals surface area contributed by atoms with Crippen LogP contribution < -0.4 is 5.32 Å². The maximum absolute atomic E-state index is 12.3. The number of thiazole rings is 1. The highest BCUT2D eigenvalue weighted by Gasteiger charge is 2.15. The van der Waals surface area contributed by atoms with E-state index in [0.717, 1.165) is 15.8 Å². The van der Waals surface area contributed by atoms with Crippen molar-refractivity contribution in [2.45, 2.75) is 19.9 Å². The molecule has 0 bridgehead atoms. The summed E-state index contributed by atoms with van der Waals surface area (Å²) in [4.78, 5) is 31.3. The number of hydrogen-bond donors (Lipinski definition) is 2. The molecule has 118 valence electrons. The van der Waals surface area contributed by atoms with Gasteiger partial charge in [-0.15, -0.1) is 11.3 Å². The minimum absolute atomic E-state index is 0.0420. The predicted octanol–water partition coefficient (Wildman–Crippen LogP) is 2.53. The molecular weight excluding hydrogens is 316 g/mol. The summed E-state index contributed by atoms with van der Waals surface area (Å²) in [6.07, 6.45) is 3.10. The zero-order valence-corrected chi connectivity index (χ0v) is 13.1. The van der Waals surface area contributed by atoms with Gasteiger partial charge in [0, 0.05) is 18.9 Å². The van der Waals surface area contributed by atoms with Crippen molar-refractivity contribution in [1.29, 1.82) is 0 Å². The monoisotopic (exact) mass is 330 g/mol. The molecule has 0 unspecified atom stereocenters. The molecule has 1 aromatic carbocycles. The molecule has 0 atom stereocenters. The van der Waals surface area contributed by atoms with Crippen LogP contribution >= 0.6 is 11.3 Å². The molecule has 7 nitrogen and oxygen atoms in total. The number of carboxylic acid groups (broad SMARTS) is 1. The number of rotatable bonds is 5. The van der Waals surface area contributed by atoms with E-state index in [1.165, 1.54) is 17.5 Å². The normalized spacial score (nSPS) is 10.8. The zero-order chi connectivity index (χ0) is 16.4. The Kier molecular flexibility index (Phi) is 4.07. The second-order valence-electron chi connectivity index (χ2n) is 5.03. The summed E-state index contributed by atoms with van der Waals surface area (Å²) in [5, 5.41) is 11.8. The Morgan fingerprint density at radius 2 is 2.22 bits per heavy atom. The zero-order valence-electron chi connectivity index (χ0n) is 12.3. The molecule has 0 aliphatic rings. The fourth-order valence-corrected chi connectivity index (χ4v) is 3.07. The Labute approximate surface area is 135 Å². The number of aryl methyl sites for hydroxylation is 2. The first kappa shape index (κ1) is 15.2. The van der Waals surface area contributed by atoms with E-state index in [9.17, 15) is 9.59 Å². The number of imidazole rings is 1. The second kappa shape index (κ2) is 6.17. The highest BCUT2D eigenvalue weighted by Crippen LogP contribution is 2.23. The second-order valence-corrected chi connectivity index (χ2v) is 6.06. The number of aromatic nitrogens is 3. The standard InChI is InChI=1S/C15H14N4O3S/c1-9-2-3-10-11(8-9)23-14(17-10)13(22)18-15-16-5-7-19(15)6-4-12(20)21/h2-3,5,7-8H,4,6H2,1H3,(H,20,21)(H,16,18,22). The number of carboxylic acids is 1. The van der Waals surface area contributed by atoms with Crippen LogP contribution in [0.15, 0.2) is 30.6 Å². The number of nitrogens with zero attached hydrogens (tertiary/aromatic N) is 3. The van der Waals surface area contributed by atoms with E-state index in [1.54, 1.807) is 10.8 Å². The summed E-state index contributed by atoms with van der Waals surface area (Å²) < 4.78 is 2.54.